The molecule has 6 atom stereocenters. The fraction of sp³-hybridized carbons (Fsp3) is 0.773. The Morgan fingerprint density at radius 2 is 0.983 bits per heavy atom. The molecule has 0 bridgehead atoms. The van der Waals surface area contributed by atoms with E-state index in [0.717, 1.165) is 89.9 Å². The van der Waals surface area contributed by atoms with Gasteiger partial charge < -0.3 is 39.9 Å². The molecule has 0 aromatic carbocycles. The lowest BCUT2D eigenvalue weighted by molar-refractivity contribution is -0.220. The highest BCUT2D eigenvalue weighted by atomic mass is 31.2. The van der Waals surface area contributed by atoms with Crippen LogP contribution in [0.25, 0.3) is 0 Å². The number of unbranched alkanes of at least 4 members (excludes halogenated alkanes) is 15. The molecule has 58 heavy (non-hydrogen) atoms. The molecule has 1 aliphatic carbocycles. The van der Waals surface area contributed by atoms with Crippen LogP contribution in [-0.2, 0) is 32.7 Å². The minimum absolute atomic E-state index is 0.0742. The molecule has 0 aromatic rings. The third kappa shape index (κ3) is 26.8. The van der Waals surface area contributed by atoms with Gasteiger partial charge in [-0.25, -0.2) is 4.57 Å². The van der Waals surface area contributed by atoms with Crippen LogP contribution in [0.4, 0.5) is 0 Å². The summed E-state index contributed by atoms with van der Waals surface area (Å²) in [5.74, 6) is -1.13. The lowest BCUT2D eigenvalue weighted by atomic mass is 9.85. The third-order valence-corrected chi connectivity index (χ3v) is 10.9. The van der Waals surface area contributed by atoms with Gasteiger partial charge >= 0.3 is 19.8 Å². The Morgan fingerprint density at radius 1 is 0.552 bits per heavy atom. The van der Waals surface area contributed by atoms with Gasteiger partial charge in [0.15, 0.2) is 6.10 Å². The Balaban J connectivity index is 2.51. The number of carbonyl (C=O) groups is 2. The van der Waals surface area contributed by atoms with Gasteiger partial charge in [0.25, 0.3) is 0 Å². The highest BCUT2D eigenvalue weighted by molar-refractivity contribution is 7.47. The summed E-state index contributed by atoms with van der Waals surface area (Å²) in [5.41, 5.74) is 0. The summed E-state index contributed by atoms with van der Waals surface area (Å²) in [5, 5.41) is 50.1. The number of aliphatic hydroxyl groups is 5. The molecule has 6 unspecified atom stereocenters. The maximum absolute atomic E-state index is 12.8. The Bertz CT molecular complexity index is 1210. The number of ether oxygens (including phenoxy) is 2. The SMILES string of the molecule is CC/C=C\C/C=C\C/C=C\CCCCCCCC(=O)OC(COC(=O)CCCCCCC/C=C\CCCCCCC)COP(=O)(O)OC1C(O)C(O)C(O)C(O)C1O. The molecule has 1 aliphatic rings. The van der Waals surface area contributed by atoms with Gasteiger partial charge in [0.2, 0.25) is 0 Å². The second kappa shape index (κ2) is 34.5. The smallest absolute Gasteiger partial charge is 0.462 e. The number of phosphoric ester groups is 1. The predicted octanol–water partition coefficient (Wildman–Crippen LogP) is 8.00. The number of esters is 2. The fourth-order valence-electron chi connectivity index (χ4n) is 6.35. The van der Waals surface area contributed by atoms with Crippen molar-refractivity contribution in [3.05, 3.63) is 48.6 Å². The molecule has 0 saturated heterocycles. The summed E-state index contributed by atoms with van der Waals surface area (Å²) in [7, 11) is -5.12. The van der Waals surface area contributed by atoms with E-state index in [-0.39, 0.29) is 12.8 Å². The van der Waals surface area contributed by atoms with E-state index in [2.05, 4.69) is 62.5 Å². The second-order valence-electron chi connectivity index (χ2n) is 15.2. The van der Waals surface area contributed by atoms with Crippen molar-refractivity contribution in [1.29, 1.82) is 0 Å². The van der Waals surface area contributed by atoms with Crippen molar-refractivity contribution in [2.75, 3.05) is 13.2 Å². The molecule has 1 saturated carbocycles. The molecule has 1 rings (SSSR count). The first-order valence-corrected chi connectivity index (χ1v) is 23.4. The summed E-state index contributed by atoms with van der Waals surface area (Å²) in [6.07, 6.45) is 26.0. The van der Waals surface area contributed by atoms with Gasteiger partial charge in [0.05, 0.1) is 6.61 Å². The van der Waals surface area contributed by atoms with Crippen molar-refractivity contribution in [2.45, 2.75) is 204 Å². The van der Waals surface area contributed by atoms with Gasteiger partial charge in [-0.15, -0.1) is 0 Å². The average molecular weight is 845 g/mol. The summed E-state index contributed by atoms with van der Waals surface area (Å²) in [4.78, 5) is 35.6. The highest BCUT2D eigenvalue weighted by Gasteiger charge is 2.51. The molecule has 0 spiro atoms. The number of hydrogen-bond acceptors (Lipinski definition) is 12. The molecule has 0 aromatic heterocycles. The Labute approximate surface area is 348 Å². The normalized spacial score (nSPS) is 23.0. The van der Waals surface area contributed by atoms with Gasteiger partial charge in [-0.3, -0.25) is 18.6 Å². The fourth-order valence-corrected chi connectivity index (χ4v) is 7.33. The minimum Gasteiger partial charge on any atom is -0.462 e. The van der Waals surface area contributed by atoms with Crippen LogP contribution in [0, 0.1) is 0 Å². The zero-order valence-electron chi connectivity index (χ0n) is 35.3. The number of phosphoric acid groups is 1. The van der Waals surface area contributed by atoms with E-state index < -0.39 is 75.7 Å². The molecule has 1 fully saturated rings. The number of hydrogen-bond donors (Lipinski definition) is 6. The summed E-state index contributed by atoms with van der Waals surface area (Å²) >= 11 is 0. The lowest BCUT2D eigenvalue weighted by Gasteiger charge is -2.41. The van der Waals surface area contributed by atoms with Gasteiger partial charge in [-0.1, -0.05) is 127 Å². The average Bonchev–Trinajstić information content (AvgIpc) is 3.20. The quantitative estimate of drug-likeness (QED) is 0.0155. The van der Waals surface area contributed by atoms with Gasteiger partial charge in [-0.2, -0.15) is 0 Å². The van der Waals surface area contributed by atoms with E-state index in [0.29, 0.717) is 12.8 Å². The lowest BCUT2D eigenvalue weighted by Crippen LogP contribution is -2.64. The minimum atomic E-state index is -5.12. The second-order valence-corrected chi connectivity index (χ2v) is 16.6. The zero-order chi connectivity index (χ0) is 42.9. The van der Waals surface area contributed by atoms with Crippen LogP contribution in [-0.4, -0.2) is 98.3 Å². The molecule has 0 heterocycles. The maximum atomic E-state index is 12.8. The predicted molar refractivity (Wildman–Crippen MR) is 226 cm³/mol. The monoisotopic (exact) mass is 845 g/mol. The molecule has 0 aliphatic heterocycles. The number of carbonyl (C=O) groups excluding carboxylic acids is 2. The van der Waals surface area contributed by atoms with E-state index in [1.807, 2.05) is 0 Å². The van der Waals surface area contributed by atoms with Crippen LogP contribution in [0.2, 0.25) is 0 Å². The Kier molecular flexibility index (Phi) is 32.0. The van der Waals surface area contributed by atoms with Crippen molar-refractivity contribution in [3.63, 3.8) is 0 Å². The van der Waals surface area contributed by atoms with E-state index in [4.69, 9.17) is 18.5 Å². The van der Waals surface area contributed by atoms with E-state index in [9.17, 15) is 44.6 Å². The Hall–Kier alpha value is -2.19. The van der Waals surface area contributed by atoms with Crippen LogP contribution >= 0.6 is 7.82 Å². The van der Waals surface area contributed by atoms with E-state index in [1.54, 1.807) is 0 Å². The topological polar surface area (TPSA) is 210 Å². The first-order chi connectivity index (χ1) is 27.9. The van der Waals surface area contributed by atoms with Crippen molar-refractivity contribution in [3.8, 4) is 0 Å². The van der Waals surface area contributed by atoms with Crippen molar-refractivity contribution in [1.82, 2.24) is 0 Å². The summed E-state index contributed by atoms with van der Waals surface area (Å²) in [6.45, 7) is 3.14. The number of rotatable bonds is 35. The highest BCUT2D eigenvalue weighted by Crippen LogP contribution is 2.47. The van der Waals surface area contributed by atoms with E-state index in [1.165, 1.54) is 32.1 Å². The van der Waals surface area contributed by atoms with Crippen molar-refractivity contribution < 1.29 is 63.1 Å². The van der Waals surface area contributed by atoms with Gasteiger partial charge in [0.1, 0.15) is 43.2 Å². The molecule has 6 N–H and O–H groups in total. The zero-order valence-corrected chi connectivity index (χ0v) is 36.2. The van der Waals surface area contributed by atoms with Crippen molar-refractivity contribution in [2.24, 2.45) is 0 Å². The first-order valence-electron chi connectivity index (χ1n) is 21.9. The number of allylic oxidation sites excluding steroid dienone is 8. The molecule has 0 amide bonds. The largest absolute Gasteiger partial charge is 0.472 e. The van der Waals surface area contributed by atoms with Gasteiger partial charge in [-0.05, 0) is 70.6 Å². The standard InChI is InChI=1S/C44H77O13P/c1-3-5-7-9-11-13-15-17-19-21-23-25-27-29-31-33-38(46)56-36(35-55-58(52,53)57-44-42(50)40(48)39(47)41(49)43(44)51)34-54-37(45)32-30-28-26-24-22-20-18-16-14-12-10-8-6-4-2/h5,7,11,13,16-19,36,39-44,47-51H,3-4,6,8-10,12,14-15,20-35H2,1-2H3,(H,52,53)/b7-5-,13-11-,18-16-,19-17-. The van der Waals surface area contributed by atoms with Crippen LogP contribution in [0.1, 0.15) is 162 Å². The summed E-state index contributed by atoms with van der Waals surface area (Å²) in [6, 6.07) is 0. The molecular weight excluding hydrogens is 767 g/mol. The number of aliphatic hydroxyl groups excluding tert-OH is 5. The molecule has 336 valence electrons. The third-order valence-electron chi connectivity index (χ3n) is 9.90. The van der Waals surface area contributed by atoms with Crippen LogP contribution in [0.5, 0.6) is 0 Å². The molecular formula is C44H77O13P. The molecule has 14 heteroatoms. The van der Waals surface area contributed by atoms with Gasteiger partial charge in [0, 0.05) is 12.8 Å². The Morgan fingerprint density at radius 3 is 1.52 bits per heavy atom. The van der Waals surface area contributed by atoms with Crippen LogP contribution in [0.3, 0.4) is 0 Å². The molecule has 0 radical (unpaired) electrons. The molecule has 13 nitrogen and oxygen atoms in total. The van der Waals surface area contributed by atoms with Crippen LogP contribution in [0.15, 0.2) is 48.6 Å². The van der Waals surface area contributed by atoms with Crippen LogP contribution < -0.4 is 0 Å². The maximum Gasteiger partial charge on any atom is 0.472 e. The first kappa shape index (κ1) is 53.8. The van der Waals surface area contributed by atoms with Crippen molar-refractivity contribution >= 4 is 19.8 Å². The van der Waals surface area contributed by atoms with E-state index >= 15 is 0 Å². The summed E-state index contributed by atoms with van der Waals surface area (Å²) < 4.78 is 33.4.